The summed E-state index contributed by atoms with van der Waals surface area (Å²) in [5.74, 6) is -0.494. The Hall–Kier alpha value is -1.89. The Morgan fingerprint density at radius 1 is 1.58 bits per heavy atom. The lowest BCUT2D eigenvalue weighted by molar-refractivity contribution is -0.147. The highest BCUT2D eigenvalue weighted by Crippen LogP contribution is 2.47. The maximum atomic E-state index is 12.6. The van der Waals surface area contributed by atoms with E-state index in [2.05, 4.69) is 6.58 Å². The average Bonchev–Trinajstić information content (AvgIpc) is 2.36. The first-order valence-corrected chi connectivity index (χ1v) is 6.47. The second-order valence-electron chi connectivity index (χ2n) is 5.69. The summed E-state index contributed by atoms with van der Waals surface area (Å²) in [6.45, 7) is 9.87. The minimum atomic E-state index is -0.768. The van der Waals surface area contributed by atoms with Crippen LogP contribution in [0.15, 0.2) is 23.9 Å². The first-order chi connectivity index (χ1) is 8.82. The lowest BCUT2D eigenvalue weighted by atomic mass is 9.61. The Morgan fingerprint density at radius 2 is 2.21 bits per heavy atom. The molecule has 2 rings (SSSR count). The number of nitrogens with zero attached hydrogens (tertiary/aromatic N) is 2. The van der Waals surface area contributed by atoms with Crippen LogP contribution in [0.25, 0.3) is 0 Å². The van der Waals surface area contributed by atoms with Gasteiger partial charge in [-0.3, -0.25) is 9.59 Å². The number of allylic oxidation sites excluding steroid dienone is 2. The molecule has 2 aliphatic rings. The number of nitriles is 1. The van der Waals surface area contributed by atoms with Crippen molar-refractivity contribution in [1.29, 1.82) is 5.26 Å². The van der Waals surface area contributed by atoms with E-state index in [0.717, 1.165) is 6.42 Å². The van der Waals surface area contributed by atoms with Gasteiger partial charge in [0.2, 0.25) is 5.91 Å². The summed E-state index contributed by atoms with van der Waals surface area (Å²) < 4.78 is 0. The van der Waals surface area contributed by atoms with E-state index in [9.17, 15) is 9.59 Å². The maximum Gasteiger partial charge on any atom is 0.236 e. The normalized spacial score (nSPS) is 34.4. The lowest BCUT2D eigenvalue weighted by Crippen LogP contribution is -2.55. The van der Waals surface area contributed by atoms with Gasteiger partial charge in [0.25, 0.3) is 0 Å². The van der Waals surface area contributed by atoms with Crippen LogP contribution in [0.5, 0.6) is 0 Å². The van der Waals surface area contributed by atoms with E-state index in [4.69, 9.17) is 5.26 Å². The number of carbonyl (C=O) groups is 2. The van der Waals surface area contributed by atoms with Crippen molar-refractivity contribution in [1.82, 2.24) is 4.90 Å². The number of piperidine rings is 1. The molecule has 0 spiro atoms. The molecule has 19 heavy (non-hydrogen) atoms. The van der Waals surface area contributed by atoms with Gasteiger partial charge in [0.05, 0.1) is 11.0 Å². The van der Waals surface area contributed by atoms with Gasteiger partial charge < -0.3 is 4.90 Å². The van der Waals surface area contributed by atoms with Crippen LogP contribution in [0.3, 0.4) is 0 Å². The molecule has 0 unspecified atom stereocenters. The molecule has 1 heterocycles. The van der Waals surface area contributed by atoms with Gasteiger partial charge in [-0.05, 0) is 32.3 Å². The highest BCUT2D eigenvalue weighted by molar-refractivity contribution is 6.04. The Kier molecular flexibility index (Phi) is 3.09. The molecule has 0 aromatic carbocycles. The van der Waals surface area contributed by atoms with E-state index in [0.29, 0.717) is 12.2 Å². The molecular weight excluding hydrogens is 240 g/mol. The number of Topliss-reactive ketones (excluding diaryl/α,β-unsaturated/α-hetero) is 1. The summed E-state index contributed by atoms with van der Waals surface area (Å²) >= 11 is 0. The fraction of sp³-hybridized carbons (Fsp3) is 0.533. The summed E-state index contributed by atoms with van der Waals surface area (Å²) in [5, 5.41) is 9.06. The third-order valence-corrected chi connectivity index (χ3v) is 4.45. The molecule has 4 nitrogen and oxygen atoms in total. The van der Waals surface area contributed by atoms with Crippen molar-refractivity contribution < 1.29 is 9.59 Å². The molecule has 4 heteroatoms. The van der Waals surface area contributed by atoms with E-state index in [-0.39, 0.29) is 29.1 Å². The molecule has 0 saturated carbocycles. The average molecular weight is 258 g/mol. The van der Waals surface area contributed by atoms with Gasteiger partial charge >= 0.3 is 0 Å². The smallest absolute Gasteiger partial charge is 0.236 e. The Bertz CT molecular complexity index is 541. The molecule has 1 saturated heterocycles. The minimum Gasteiger partial charge on any atom is -0.316 e. The maximum absolute atomic E-state index is 12.6. The van der Waals surface area contributed by atoms with E-state index in [1.807, 2.05) is 19.9 Å². The summed E-state index contributed by atoms with van der Waals surface area (Å²) in [5.41, 5.74) is 0.0552. The lowest BCUT2D eigenvalue weighted by Gasteiger charge is -2.47. The second kappa shape index (κ2) is 4.34. The van der Waals surface area contributed by atoms with Crippen LogP contribution in [0.4, 0.5) is 0 Å². The zero-order chi connectivity index (χ0) is 14.4. The third-order valence-electron chi connectivity index (χ3n) is 4.45. The van der Waals surface area contributed by atoms with Gasteiger partial charge in [-0.1, -0.05) is 13.5 Å². The molecule has 1 aliphatic heterocycles. The monoisotopic (exact) mass is 258 g/mol. The fourth-order valence-electron chi connectivity index (χ4n) is 3.31. The largest absolute Gasteiger partial charge is 0.316 e. The van der Waals surface area contributed by atoms with Crippen LogP contribution in [0.2, 0.25) is 0 Å². The zero-order valence-electron chi connectivity index (χ0n) is 11.6. The molecular formula is C15H18N2O2. The third kappa shape index (κ3) is 1.81. The predicted molar refractivity (Wildman–Crippen MR) is 70.6 cm³/mol. The number of hydrogen-bond acceptors (Lipinski definition) is 3. The minimum absolute atomic E-state index is 0.0276. The van der Waals surface area contributed by atoms with E-state index in [1.165, 1.54) is 0 Å². The van der Waals surface area contributed by atoms with Crippen LogP contribution in [-0.2, 0) is 9.59 Å². The quantitative estimate of drug-likeness (QED) is 0.723. The van der Waals surface area contributed by atoms with Crippen molar-refractivity contribution in [2.75, 3.05) is 6.54 Å². The molecule has 0 N–H and O–H groups in total. The summed E-state index contributed by atoms with van der Waals surface area (Å²) in [4.78, 5) is 26.3. The Balaban J connectivity index is 2.52. The van der Waals surface area contributed by atoms with Crippen LogP contribution in [0, 0.1) is 28.6 Å². The molecule has 0 aromatic rings. The SMILES string of the molecule is C=C(C)N1CC[C@H]2[C@H](C)C(=O)C(C#N)=C[C@]2(C)C1=O. The number of fused-ring (bicyclic) bond motifs is 1. The molecule has 1 fully saturated rings. The van der Waals surface area contributed by atoms with Crippen molar-refractivity contribution in [3.8, 4) is 6.07 Å². The number of carbonyl (C=O) groups excluding carboxylic acids is 2. The highest BCUT2D eigenvalue weighted by atomic mass is 16.2. The molecule has 0 aromatic heterocycles. The van der Waals surface area contributed by atoms with E-state index >= 15 is 0 Å². The number of ketones is 1. The highest BCUT2D eigenvalue weighted by Gasteiger charge is 2.52. The first kappa shape index (κ1) is 13.5. The molecule has 1 amide bonds. The van der Waals surface area contributed by atoms with Crippen molar-refractivity contribution in [2.24, 2.45) is 17.3 Å². The van der Waals surface area contributed by atoms with Crippen molar-refractivity contribution in [3.05, 3.63) is 23.9 Å². The van der Waals surface area contributed by atoms with Crippen molar-refractivity contribution >= 4 is 11.7 Å². The van der Waals surface area contributed by atoms with Crippen LogP contribution in [0.1, 0.15) is 27.2 Å². The molecule has 1 aliphatic carbocycles. The first-order valence-electron chi connectivity index (χ1n) is 6.47. The van der Waals surface area contributed by atoms with Crippen LogP contribution < -0.4 is 0 Å². The standard InChI is InChI=1S/C15H18N2O2/c1-9(2)17-6-5-12-10(3)13(18)11(8-16)7-15(12,4)14(17)19/h7,10,12H,1,5-6H2,2-4H3/t10-,12-,15-/m0/s1. The van der Waals surface area contributed by atoms with E-state index in [1.54, 1.807) is 17.9 Å². The number of rotatable bonds is 1. The fourth-order valence-corrected chi connectivity index (χ4v) is 3.31. The second-order valence-corrected chi connectivity index (χ2v) is 5.69. The molecule has 0 radical (unpaired) electrons. The molecule has 3 atom stereocenters. The summed E-state index contributed by atoms with van der Waals surface area (Å²) in [6.07, 6.45) is 2.33. The van der Waals surface area contributed by atoms with Gasteiger partial charge in [0.1, 0.15) is 6.07 Å². The van der Waals surface area contributed by atoms with Crippen molar-refractivity contribution in [2.45, 2.75) is 27.2 Å². The predicted octanol–water partition coefficient (Wildman–Crippen LogP) is 2.04. The Labute approximate surface area is 113 Å². The molecule has 100 valence electrons. The van der Waals surface area contributed by atoms with Gasteiger partial charge in [0.15, 0.2) is 5.78 Å². The van der Waals surface area contributed by atoms with Crippen LogP contribution in [-0.4, -0.2) is 23.1 Å². The van der Waals surface area contributed by atoms with Gasteiger partial charge in [-0.15, -0.1) is 0 Å². The van der Waals surface area contributed by atoms with E-state index < -0.39 is 5.41 Å². The zero-order valence-corrected chi connectivity index (χ0v) is 11.6. The Morgan fingerprint density at radius 3 is 2.74 bits per heavy atom. The number of hydrogen-bond donors (Lipinski definition) is 0. The van der Waals surface area contributed by atoms with Gasteiger partial charge in [-0.2, -0.15) is 5.26 Å². The number of amides is 1. The van der Waals surface area contributed by atoms with Gasteiger partial charge in [0, 0.05) is 18.2 Å². The van der Waals surface area contributed by atoms with Crippen LogP contribution >= 0.6 is 0 Å². The summed E-state index contributed by atoms with van der Waals surface area (Å²) in [7, 11) is 0. The molecule has 0 bridgehead atoms. The van der Waals surface area contributed by atoms with Gasteiger partial charge in [-0.25, -0.2) is 0 Å². The summed E-state index contributed by atoms with van der Waals surface area (Å²) in [6, 6.07) is 1.93. The number of likely N-dealkylation sites (tertiary alicyclic amines) is 1. The van der Waals surface area contributed by atoms with Crippen molar-refractivity contribution in [3.63, 3.8) is 0 Å². The topological polar surface area (TPSA) is 61.2 Å².